The van der Waals surface area contributed by atoms with Crippen molar-refractivity contribution in [2.24, 2.45) is 0 Å². The number of aromatic nitrogens is 1. The first-order valence-corrected chi connectivity index (χ1v) is 11.4. The van der Waals surface area contributed by atoms with Gasteiger partial charge < -0.3 is 9.30 Å². The van der Waals surface area contributed by atoms with Gasteiger partial charge in [0.05, 0.1) is 21.2 Å². The minimum absolute atomic E-state index is 0.00239. The van der Waals surface area contributed by atoms with Gasteiger partial charge in [0.2, 0.25) is 5.78 Å². The highest BCUT2D eigenvalue weighted by Crippen LogP contribution is 2.24. The number of carbonyl (C=O) groups excluding carboxylic acids is 2. The summed E-state index contributed by atoms with van der Waals surface area (Å²) in [6.45, 7) is 2.82. The Hall–Kier alpha value is -2.97. The minimum Gasteiger partial charge on any atom is -0.454 e. The van der Waals surface area contributed by atoms with Gasteiger partial charge in [0.1, 0.15) is 5.82 Å². The van der Waals surface area contributed by atoms with Crippen LogP contribution in [0, 0.1) is 19.7 Å². The van der Waals surface area contributed by atoms with Crippen molar-refractivity contribution in [1.82, 2.24) is 4.57 Å². The Balaban J connectivity index is 1.82. The third-order valence-corrected chi connectivity index (χ3v) is 6.18. The topological polar surface area (TPSA) is 82.4 Å². The molecule has 0 atom stereocenters. The first-order valence-electron chi connectivity index (χ1n) is 9.14. The van der Waals surface area contributed by atoms with Crippen LogP contribution in [0.5, 0.6) is 0 Å². The number of sulfone groups is 1. The third-order valence-electron chi connectivity index (χ3n) is 4.75. The van der Waals surface area contributed by atoms with Crippen LogP contribution in [0.15, 0.2) is 53.4 Å². The monoisotopic (exact) mass is 463 g/mol. The van der Waals surface area contributed by atoms with E-state index in [-0.39, 0.29) is 21.0 Å². The van der Waals surface area contributed by atoms with Gasteiger partial charge in [0, 0.05) is 23.2 Å². The number of ether oxygens (including phenoxy) is 1. The van der Waals surface area contributed by atoms with Crippen molar-refractivity contribution < 1.29 is 27.1 Å². The number of ketones is 1. The normalized spacial score (nSPS) is 11.4. The maximum absolute atomic E-state index is 14.2. The molecule has 31 heavy (non-hydrogen) atoms. The molecule has 1 aromatic heterocycles. The SMILES string of the molecule is Cc1cc(C(=O)COC(=O)c2cc(S(C)(=O)=O)ccc2Cl)c(C)n1-c1ccccc1F. The molecule has 0 saturated heterocycles. The maximum atomic E-state index is 14.2. The molecule has 0 amide bonds. The van der Waals surface area contributed by atoms with Gasteiger partial charge in [-0.25, -0.2) is 17.6 Å². The lowest BCUT2D eigenvalue weighted by Crippen LogP contribution is -2.16. The van der Waals surface area contributed by atoms with Crippen molar-refractivity contribution >= 4 is 33.2 Å². The molecule has 6 nitrogen and oxygen atoms in total. The number of halogens is 2. The van der Waals surface area contributed by atoms with Crippen molar-refractivity contribution in [3.8, 4) is 5.69 Å². The predicted molar refractivity (Wildman–Crippen MR) is 114 cm³/mol. The second-order valence-corrected chi connectivity index (χ2v) is 9.41. The summed E-state index contributed by atoms with van der Waals surface area (Å²) in [4.78, 5) is 25.0. The van der Waals surface area contributed by atoms with Gasteiger partial charge in [-0.1, -0.05) is 23.7 Å². The molecule has 3 rings (SSSR count). The maximum Gasteiger partial charge on any atom is 0.340 e. The fourth-order valence-electron chi connectivity index (χ4n) is 3.23. The Labute approximate surface area is 184 Å². The van der Waals surface area contributed by atoms with E-state index >= 15 is 0 Å². The molecule has 0 saturated carbocycles. The number of nitrogens with zero attached hydrogens (tertiary/aromatic N) is 1. The molecule has 0 radical (unpaired) electrons. The molecule has 0 fully saturated rings. The molecule has 2 aromatic carbocycles. The van der Waals surface area contributed by atoms with Crippen LogP contribution in [0.25, 0.3) is 5.69 Å². The number of benzene rings is 2. The van der Waals surface area contributed by atoms with Crippen LogP contribution in [0.2, 0.25) is 5.02 Å². The summed E-state index contributed by atoms with van der Waals surface area (Å²) in [6.07, 6.45) is 1.00. The number of rotatable bonds is 6. The first kappa shape index (κ1) is 22.7. The van der Waals surface area contributed by atoms with Gasteiger partial charge >= 0.3 is 5.97 Å². The highest BCUT2D eigenvalue weighted by molar-refractivity contribution is 7.90. The van der Waals surface area contributed by atoms with E-state index in [9.17, 15) is 22.4 Å². The molecular formula is C22H19ClFNO5S. The second kappa shape index (κ2) is 8.64. The van der Waals surface area contributed by atoms with Crippen LogP contribution in [-0.2, 0) is 14.6 Å². The van der Waals surface area contributed by atoms with Crippen molar-refractivity contribution in [3.63, 3.8) is 0 Å². The van der Waals surface area contributed by atoms with E-state index in [1.54, 1.807) is 42.7 Å². The molecule has 0 N–H and O–H groups in total. The van der Waals surface area contributed by atoms with Crippen LogP contribution in [-0.4, -0.2) is 37.6 Å². The van der Waals surface area contributed by atoms with Crippen LogP contribution < -0.4 is 0 Å². The summed E-state index contributed by atoms with van der Waals surface area (Å²) in [5, 5.41) is 0.00239. The van der Waals surface area contributed by atoms with E-state index in [1.165, 1.54) is 18.2 Å². The van der Waals surface area contributed by atoms with Gasteiger partial charge in [-0.15, -0.1) is 0 Å². The van der Waals surface area contributed by atoms with E-state index < -0.39 is 34.0 Å². The van der Waals surface area contributed by atoms with E-state index in [1.807, 2.05) is 0 Å². The van der Waals surface area contributed by atoms with Gasteiger partial charge in [-0.05, 0) is 50.2 Å². The average molecular weight is 464 g/mol. The number of hydrogen-bond donors (Lipinski definition) is 0. The van der Waals surface area contributed by atoms with Crippen molar-refractivity contribution in [3.05, 3.63) is 81.9 Å². The van der Waals surface area contributed by atoms with Crippen LogP contribution in [0.4, 0.5) is 4.39 Å². The number of aryl methyl sites for hydroxylation is 1. The Kier molecular flexibility index (Phi) is 6.33. The number of hydrogen-bond acceptors (Lipinski definition) is 5. The summed E-state index contributed by atoms with van der Waals surface area (Å²) in [5.74, 6) is -1.85. The fraction of sp³-hybridized carbons (Fsp3) is 0.182. The molecule has 0 unspecified atom stereocenters. The molecule has 0 bridgehead atoms. The largest absolute Gasteiger partial charge is 0.454 e. The lowest BCUT2D eigenvalue weighted by atomic mass is 10.1. The predicted octanol–water partition coefficient (Wildman–Crippen LogP) is 4.33. The van der Waals surface area contributed by atoms with Crippen molar-refractivity contribution in [1.29, 1.82) is 0 Å². The summed E-state index contributed by atoms with van der Waals surface area (Å²) >= 11 is 5.99. The number of para-hydroxylation sites is 1. The second-order valence-electron chi connectivity index (χ2n) is 6.98. The van der Waals surface area contributed by atoms with Crippen LogP contribution in [0.1, 0.15) is 32.1 Å². The molecule has 162 valence electrons. The van der Waals surface area contributed by atoms with Crippen molar-refractivity contribution in [2.75, 3.05) is 12.9 Å². The fourth-order valence-corrected chi connectivity index (χ4v) is 4.07. The molecule has 0 aliphatic heterocycles. The van der Waals surface area contributed by atoms with Crippen LogP contribution >= 0.6 is 11.6 Å². The lowest BCUT2D eigenvalue weighted by Gasteiger charge is -2.11. The molecule has 0 aliphatic carbocycles. The third kappa shape index (κ3) is 4.70. The zero-order chi connectivity index (χ0) is 22.9. The van der Waals surface area contributed by atoms with E-state index in [0.717, 1.165) is 12.3 Å². The van der Waals surface area contributed by atoms with Gasteiger partial charge in [0.15, 0.2) is 16.4 Å². The Bertz CT molecular complexity index is 1300. The Morgan fingerprint density at radius 1 is 1.06 bits per heavy atom. The summed E-state index contributed by atoms with van der Waals surface area (Å²) in [7, 11) is -3.55. The molecule has 0 aliphatic rings. The number of Topliss-reactive ketones (excluding diaryl/α,β-unsaturated/α-hetero) is 1. The lowest BCUT2D eigenvalue weighted by molar-refractivity contribution is 0.0474. The van der Waals surface area contributed by atoms with Crippen LogP contribution in [0.3, 0.4) is 0 Å². The van der Waals surface area contributed by atoms with Gasteiger partial charge in [0.25, 0.3) is 0 Å². The number of esters is 1. The standard InChI is InChI=1S/C22H19ClFNO5S/c1-13-10-16(14(2)25(13)20-7-5-4-6-19(20)24)21(26)12-30-22(27)17-11-15(31(3,28)29)8-9-18(17)23/h4-11H,12H2,1-3H3. The molecule has 3 aromatic rings. The molecule has 1 heterocycles. The zero-order valence-corrected chi connectivity index (χ0v) is 18.6. The van der Waals surface area contributed by atoms with E-state index in [0.29, 0.717) is 17.1 Å². The first-order chi connectivity index (χ1) is 14.5. The Morgan fingerprint density at radius 3 is 2.39 bits per heavy atom. The zero-order valence-electron chi connectivity index (χ0n) is 17.0. The Morgan fingerprint density at radius 2 is 1.74 bits per heavy atom. The molecular weight excluding hydrogens is 445 g/mol. The molecule has 9 heteroatoms. The van der Waals surface area contributed by atoms with Crippen molar-refractivity contribution in [2.45, 2.75) is 18.7 Å². The van der Waals surface area contributed by atoms with Gasteiger partial charge in [-0.3, -0.25) is 4.79 Å². The quantitative estimate of drug-likeness (QED) is 0.401. The van der Waals surface area contributed by atoms with E-state index in [2.05, 4.69) is 0 Å². The highest BCUT2D eigenvalue weighted by Gasteiger charge is 2.21. The van der Waals surface area contributed by atoms with E-state index in [4.69, 9.17) is 16.3 Å². The average Bonchev–Trinajstić information content (AvgIpc) is 3.00. The van der Waals surface area contributed by atoms with Gasteiger partial charge in [-0.2, -0.15) is 0 Å². The summed E-state index contributed by atoms with van der Waals surface area (Å²) in [5.41, 5.74) is 1.57. The molecule has 0 spiro atoms. The summed E-state index contributed by atoms with van der Waals surface area (Å²) in [6, 6.07) is 11.4. The summed E-state index contributed by atoms with van der Waals surface area (Å²) < 4.78 is 44.3. The number of carbonyl (C=O) groups is 2. The smallest absolute Gasteiger partial charge is 0.340 e. The minimum atomic E-state index is -3.55. The highest BCUT2D eigenvalue weighted by atomic mass is 35.5.